The van der Waals surface area contributed by atoms with Crippen LogP contribution in [0.3, 0.4) is 0 Å². The maximum Gasteiger partial charge on any atom is 0.213 e. The van der Waals surface area contributed by atoms with Crippen LogP contribution in [-0.4, -0.2) is 12.1 Å². The highest BCUT2D eigenvalue weighted by Crippen LogP contribution is 2.14. The summed E-state index contributed by atoms with van der Waals surface area (Å²) in [6.45, 7) is 3.63. The number of pyridine rings is 1. The summed E-state index contributed by atoms with van der Waals surface area (Å²) in [5, 5.41) is 0. The smallest absolute Gasteiger partial charge is 0.213 e. The first-order valence-corrected chi connectivity index (χ1v) is 4.15. The van der Waals surface area contributed by atoms with Gasteiger partial charge in [-0.25, -0.2) is 4.98 Å². The van der Waals surface area contributed by atoms with Gasteiger partial charge in [-0.1, -0.05) is 12.1 Å². The van der Waals surface area contributed by atoms with Crippen molar-refractivity contribution >= 4 is 0 Å². The SMILES string of the molecule is C=CC[C@H](N)c1cccc(OC)n1. The molecule has 1 atom stereocenters. The molecule has 1 aromatic heterocycles. The first kappa shape index (κ1) is 9.74. The van der Waals surface area contributed by atoms with E-state index in [0.29, 0.717) is 5.88 Å². The Morgan fingerprint density at radius 3 is 3.08 bits per heavy atom. The maximum atomic E-state index is 5.84. The molecule has 70 valence electrons. The number of methoxy groups -OCH3 is 1. The van der Waals surface area contributed by atoms with Crippen LogP contribution < -0.4 is 10.5 Å². The average Bonchev–Trinajstić information content (AvgIpc) is 2.18. The van der Waals surface area contributed by atoms with E-state index in [-0.39, 0.29) is 6.04 Å². The number of hydrogen-bond donors (Lipinski definition) is 1. The van der Waals surface area contributed by atoms with Crippen LogP contribution in [0.4, 0.5) is 0 Å². The van der Waals surface area contributed by atoms with Crippen LogP contribution in [-0.2, 0) is 0 Å². The Morgan fingerprint density at radius 2 is 2.46 bits per heavy atom. The van der Waals surface area contributed by atoms with Crippen LogP contribution in [0.5, 0.6) is 5.88 Å². The van der Waals surface area contributed by atoms with Crippen molar-refractivity contribution in [3.05, 3.63) is 36.5 Å². The van der Waals surface area contributed by atoms with Crippen LogP contribution >= 0.6 is 0 Å². The highest BCUT2D eigenvalue weighted by Gasteiger charge is 2.05. The van der Waals surface area contributed by atoms with E-state index in [1.165, 1.54) is 0 Å². The van der Waals surface area contributed by atoms with Gasteiger partial charge < -0.3 is 10.5 Å². The maximum absolute atomic E-state index is 5.84. The number of ether oxygens (including phenoxy) is 1. The lowest BCUT2D eigenvalue weighted by molar-refractivity contribution is 0.395. The first-order valence-electron chi connectivity index (χ1n) is 4.15. The van der Waals surface area contributed by atoms with Crippen molar-refractivity contribution in [1.29, 1.82) is 0 Å². The summed E-state index contributed by atoms with van der Waals surface area (Å²) in [5.41, 5.74) is 6.67. The van der Waals surface area contributed by atoms with E-state index < -0.39 is 0 Å². The van der Waals surface area contributed by atoms with Crippen molar-refractivity contribution in [2.24, 2.45) is 5.73 Å². The molecule has 0 aliphatic rings. The lowest BCUT2D eigenvalue weighted by Gasteiger charge is -2.08. The lowest BCUT2D eigenvalue weighted by atomic mass is 10.1. The van der Waals surface area contributed by atoms with Crippen LogP contribution in [0.15, 0.2) is 30.9 Å². The van der Waals surface area contributed by atoms with Gasteiger partial charge >= 0.3 is 0 Å². The van der Waals surface area contributed by atoms with E-state index in [2.05, 4.69) is 11.6 Å². The Bertz CT molecular complexity index is 286. The zero-order valence-corrected chi connectivity index (χ0v) is 7.73. The summed E-state index contributed by atoms with van der Waals surface area (Å²) < 4.78 is 4.99. The number of aromatic nitrogens is 1. The minimum Gasteiger partial charge on any atom is -0.481 e. The Balaban J connectivity index is 2.81. The van der Waals surface area contributed by atoms with Gasteiger partial charge in [0.25, 0.3) is 0 Å². The van der Waals surface area contributed by atoms with Crippen LogP contribution in [0, 0.1) is 0 Å². The third-order valence-corrected chi connectivity index (χ3v) is 1.75. The fraction of sp³-hybridized carbons (Fsp3) is 0.300. The Kier molecular flexibility index (Phi) is 3.46. The summed E-state index contributed by atoms with van der Waals surface area (Å²) in [4.78, 5) is 4.21. The van der Waals surface area contributed by atoms with Gasteiger partial charge in [-0.15, -0.1) is 6.58 Å². The van der Waals surface area contributed by atoms with E-state index in [1.807, 2.05) is 12.1 Å². The molecule has 0 aliphatic carbocycles. The number of hydrogen-bond acceptors (Lipinski definition) is 3. The predicted octanol–water partition coefficient (Wildman–Crippen LogP) is 1.67. The van der Waals surface area contributed by atoms with Gasteiger partial charge in [-0.3, -0.25) is 0 Å². The molecule has 0 spiro atoms. The fourth-order valence-electron chi connectivity index (χ4n) is 1.05. The summed E-state index contributed by atoms with van der Waals surface area (Å²) in [5.74, 6) is 0.594. The van der Waals surface area contributed by atoms with Gasteiger partial charge in [0.1, 0.15) is 0 Å². The standard InChI is InChI=1S/C10H14N2O/c1-3-5-8(11)9-6-4-7-10(12-9)13-2/h3-4,6-8H,1,5,11H2,2H3/t8-/m0/s1. The Hall–Kier alpha value is -1.35. The summed E-state index contributed by atoms with van der Waals surface area (Å²) in [7, 11) is 1.59. The van der Waals surface area contributed by atoms with Gasteiger partial charge in [0.05, 0.1) is 18.8 Å². The quantitative estimate of drug-likeness (QED) is 0.713. The molecule has 0 aliphatic heterocycles. The summed E-state index contributed by atoms with van der Waals surface area (Å²) in [6, 6.07) is 5.47. The fourth-order valence-corrected chi connectivity index (χ4v) is 1.05. The average molecular weight is 178 g/mol. The Labute approximate surface area is 78.2 Å². The van der Waals surface area contributed by atoms with Crippen LogP contribution in [0.1, 0.15) is 18.2 Å². The highest BCUT2D eigenvalue weighted by atomic mass is 16.5. The van der Waals surface area contributed by atoms with Gasteiger partial charge in [0.2, 0.25) is 5.88 Å². The normalized spacial score (nSPS) is 12.2. The van der Waals surface area contributed by atoms with Gasteiger partial charge in [0.15, 0.2) is 0 Å². The molecule has 0 fully saturated rings. The van der Waals surface area contributed by atoms with E-state index in [1.54, 1.807) is 19.3 Å². The van der Waals surface area contributed by atoms with Crippen molar-refractivity contribution < 1.29 is 4.74 Å². The highest BCUT2D eigenvalue weighted by molar-refractivity contribution is 5.18. The number of nitrogens with zero attached hydrogens (tertiary/aromatic N) is 1. The van der Waals surface area contributed by atoms with Crippen LogP contribution in [0.2, 0.25) is 0 Å². The zero-order chi connectivity index (χ0) is 9.68. The van der Waals surface area contributed by atoms with Gasteiger partial charge in [0, 0.05) is 6.07 Å². The van der Waals surface area contributed by atoms with Gasteiger partial charge in [-0.2, -0.15) is 0 Å². The molecular formula is C10H14N2O. The molecule has 3 heteroatoms. The number of rotatable bonds is 4. The molecule has 0 unspecified atom stereocenters. The minimum absolute atomic E-state index is 0.0902. The third kappa shape index (κ3) is 2.56. The van der Waals surface area contributed by atoms with E-state index >= 15 is 0 Å². The largest absolute Gasteiger partial charge is 0.481 e. The molecule has 0 saturated carbocycles. The third-order valence-electron chi connectivity index (χ3n) is 1.75. The zero-order valence-electron chi connectivity index (χ0n) is 7.73. The van der Waals surface area contributed by atoms with E-state index in [0.717, 1.165) is 12.1 Å². The van der Waals surface area contributed by atoms with Crippen molar-refractivity contribution in [1.82, 2.24) is 4.98 Å². The van der Waals surface area contributed by atoms with E-state index in [9.17, 15) is 0 Å². The minimum atomic E-state index is -0.0902. The molecule has 3 nitrogen and oxygen atoms in total. The molecule has 0 saturated heterocycles. The molecule has 13 heavy (non-hydrogen) atoms. The second-order valence-corrected chi connectivity index (χ2v) is 2.74. The first-order chi connectivity index (χ1) is 6.27. The molecule has 0 bridgehead atoms. The van der Waals surface area contributed by atoms with Gasteiger partial charge in [-0.05, 0) is 12.5 Å². The molecule has 1 heterocycles. The molecule has 1 aromatic rings. The topological polar surface area (TPSA) is 48.1 Å². The van der Waals surface area contributed by atoms with E-state index in [4.69, 9.17) is 10.5 Å². The molecule has 0 radical (unpaired) electrons. The van der Waals surface area contributed by atoms with Crippen molar-refractivity contribution in [2.75, 3.05) is 7.11 Å². The molecule has 1 rings (SSSR count). The lowest BCUT2D eigenvalue weighted by Crippen LogP contribution is -2.11. The van der Waals surface area contributed by atoms with Crippen molar-refractivity contribution in [3.63, 3.8) is 0 Å². The Morgan fingerprint density at radius 1 is 1.69 bits per heavy atom. The summed E-state index contributed by atoms with van der Waals surface area (Å²) >= 11 is 0. The van der Waals surface area contributed by atoms with Crippen molar-refractivity contribution in [3.8, 4) is 5.88 Å². The summed E-state index contributed by atoms with van der Waals surface area (Å²) in [6.07, 6.45) is 2.51. The van der Waals surface area contributed by atoms with Crippen molar-refractivity contribution in [2.45, 2.75) is 12.5 Å². The molecule has 0 amide bonds. The molecule has 0 aromatic carbocycles. The molecule has 2 N–H and O–H groups in total. The van der Waals surface area contributed by atoms with Crippen LogP contribution in [0.25, 0.3) is 0 Å². The second-order valence-electron chi connectivity index (χ2n) is 2.74. The number of nitrogens with two attached hydrogens (primary N) is 1. The monoisotopic (exact) mass is 178 g/mol. The second kappa shape index (κ2) is 4.62. The molecular weight excluding hydrogens is 164 g/mol. The predicted molar refractivity (Wildman–Crippen MR) is 52.5 cm³/mol.